The van der Waals surface area contributed by atoms with E-state index in [0.29, 0.717) is 11.9 Å². The van der Waals surface area contributed by atoms with Gasteiger partial charge in [-0.05, 0) is 41.6 Å². The van der Waals surface area contributed by atoms with Crippen molar-refractivity contribution in [1.29, 1.82) is 0 Å². The number of rotatable bonds is 3. The van der Waals surface area contributed by atoms with E-state index in [1.165, 1.54) is 27.8 Å². The summed E-state index contributed by atoms with van der Waals surface area (Å²) in [7, 11) is 0. The highest BCUT2D eigenvalue weighted by Crippen LogP contribution is 2.33. The molecule has 0 unspecified atom stereocenters. The second-order valence-corrected chi connectivity index (χ2v) is 6.85. The van der Waals surface area contributed by atoms with Crippen molar-refractivity contribution in [3.8, 4) is 0 Å². The van der Waals surface area contributed by atoms with E-state index in [4.69, 9.17) is 0 Å². The van der Waals surface area contributed by atoms with Gasteiger partial charge in [-0.1, -0.05) is 6.92 Å². The van der Waals surface area contributed by atoms with Crippen LogP contribution in [0.25, 0.3) is 10.2 Å². The molecule has 2 aromatic heterocycles. The molecule has 110 valence electrons. The fourth-order valence-electron chi connectivity index (χ4n) is 2.11. The molecular formula is C15H12F3NS2. The zero-order chi connectivity index (χ0) is 15.0. The first kappa shape index (κ1) is 14.5. The van der Waals surface area contributed by atoms with E-state index in [2.05, 4.69) is 23.4 Å². The average molecular weight is 327 g/mol. The second-order valence-electron chi connectivity index (χ2n) is 4.74. The van der Waals surface area contributed by atoms with Crippen LogP contribution >= 0.6 is 22.7 Å². The molecule has 21 heavy (non-hydrogen) atoms. The van der Waals surface area contributed by atoms with Crippen molar-refractivity contribution in [3.63, 3.8) is 0 Å². The number of thiophene rings is 1. The molecule has 3 rings (SSSR count). The number of hydrogen-bond donors (Lipinski definition) is 0. The fraction of sp³-hybridized carbons (Fsp3) is 0.267. The van der Waals surface area contributed by atoms with E-state index >= 15 is 0 Å². The minimum atomic E-state index is -4.32. The zero-order valence-electron chi connectivity index (χ0n) is 11.2. The maximum atomic E-state index is 12.7. The number of alkyl halides is 3. The van der Waals surface area contributed by atoms with Crippen molar-refractivity contribution < 1.29 is 13.2 Å². The molecule has 0 fully saturated rings. The molecule has 0 aliphatic heterocycles. The summed E-state index contributed by atoms with van der Waals surface area (Å²) < 4.78 is 38.9. The summed E-state index contributed by atoms with van der Waals surface area (Å²) in [6.07, 6.45) is -2.64. The van der Waals surface area contributed by atoms with Crippen molar-refractivity contribution in [2.75, 3.05) is 0 Å². The predicted molar refractivity (Wildman–Crippen MR) is 81.1 cm³/mol. The van der Waals surface area contributed by atoms with Crippen LogP contribution in [0.3, 0.4) is 0 Å². The van der Waals surface area contributed by atoms with Crippen LogP contribution in [0.15, 0.2) is 29.6 Å². The van der Waals surface area contributed by atoms with Crippen molar-refractivity contribution in [2.24, 2.45) is 0 Å². The van der Waals surface area contributed by atoms with Gasteiger partial charge in [0.15, 0.2) is 0 Å². The Morgan fingerprint density at radius 1 is 1.19 bits per heavy atom. The average Bonchev–Trinajstić information content (AvgIpc) is 3.02. The summed E-state index contributed by atoms with van der Waals surface area (Å²) in [4.78, 5) is 5.65. The van der Waals surface area contributed by atoms with Gasteiger partial charge < -0.3 is 0 Å². The lowest BCUT2D eigenvalue weighted by atomic mass is 10.2. The summed E-state index contributed by atoms with van der Waals surface area (Å²) in [5.41, 5.74) is 0.957. The van der Waals surface area contributed by atoms with Crippen LogP contribution in [0.5, 0.6) is 0 Å². The van der Waals surface area contributed by atoms with Gasteiger partial charge in [0, 0.05) is 11.3 Å². The van der Waals surface area contributed by atoms with Crippen LogP contribution in [-0.2, 0) is 19.0 Å². The summed E-state index contributed by atoms with van der Waals surface area (Å²) in [5.74, 6) is 0. The molecule has 0 aliphatic rings. The summed E-state index contributed by atoms with van der Waals surface area (Å²) in [6.45, 7) is 2.10. The number of fused-ring (bicyclic) bond motifs is 1. The Morgan fingerprint density at radius 2 is 2.00 bits per heavy atom. The Balaban J connectivity index is 1.90. The molecule has 0 saturated heterocycles. The molecule has 0 atom stereocenters. The predicted octanol–water partition coefficient (Wildman–Crippen LogP) is 5.53. The highest BCUT2D eigenvalue weighted by Gasteiger charge is 2.30. The lowest BCUT2D eigenvalue weighted by Gasteiger charge is -2.04. The quantitative estimate of drug-likeness (QED) is 0.616. The topological polar surface area (TPSA) is 12.9 Å². The van der Waals surface area contributed by atoms with E-state index < -0.39 is 11.7 Å². The van der Waals surface area contributed by atoms with Crippen LogP contribution in [-0.4, -0.2) is 4.98 Å². The molecule has 0 amide bonds. The standard InChI is InChI=1S/C15H12F3NS2/c1-2-11-5-9(8-20-11)6-14-19-12-7-10(15(16,17)18)3-4-13(12)21-14/h3-5,7-8H,2,6H2,1H3. The molecule has 0 bridgehead atoms. The van der Waals surface area contributed by atoms with E-state index in [1.807, 2.05) is 0 Å². The molecule has 0 N–H and O–H groups in total. The summed E-state index contributed by atoms with van der Waals surface area (Å²) >= 11 is 3.16. The Labute approximate surface area is 128 Å². The van der Waals surface area contributed by atoms with Gasteiger partial charge in [-0.3, -0.25) is 0 Å². The number of nitrogens with zero attached hydrogens (tertiary/aromatic N) is 1. The molecule has 0 saturated carbocycles. The Bertz CT molecular complexity index is 771. The van der Waals surface area contributed by atoms with E-state index in [-0.39, 0.29) is 0 Å². The third-order valence-corrected chi connectivity index (χ3v) is 5.34. The van der Waals surface area contributed by atoms with Crippen LogP contribution < -0.4 is 0 Å². The molecule has 0 aliphatic carbocycles. The normalized spacial score (nSPS) is 12.2. The number of aryl methyl sites for hydroxylation is 1. The maximum Gasteiger partial charge on any atom is 0.416 e. The van der Waals surface area contributed by atoms with Gasteiger partial charge in [0.1, 0.15) is 0 Å². The first-order valence-electron chi connectivity index (χ1n) is 6.48. The molecule has 1 aromatic carbocycles. The fourth-order valence-corrected chi connectivity index (χ4v) is 3.93. The van der Waals surface area contributed by atoms with Gasteiger partial charge in [0.2, 0.25) is 0 Å². The van der Waals surface area contributed by atoms with Crippen LogP contribution in [0.4, 0.5) is 13.2 Å². The minimum Gasteiger partial charge on any atom is -0.241 e. The molecular weight excluding hydrogens is 315 g/mol. The van der Waals surface area contributed by atoms with Gasteiger partial charge in [-0.25, -0.2) is 4.98 Å². The van der Waals surface area contributed by atoms with Gasteiger partial charge in [0.05, 0.1) is 20.8 Å². The Morgan fingerprint density at radius 3 is 2.67 bits per heavy atom. The molecule has 1 nitrogen and oxygen atoms in total. The molecule has 3 aromatic rings. The number of aromatic nitrogens is 1. The van der Waals surface area contributed by atoms with Crippen LogP contribution in [0, 0.1) is 0 Å². The summed E-state index contributed by atoms with van der Waals surface area (Å²) in [5, 5.41) is 2.94. The van der Waals surface area contributed by atoms with Gasteiger partial charge in [0.25, 0.3) is 0 Å². The molecule has 2 heterocycles. The van der Waals surface area contributed by atoms with Crippen molar-refractivity contribution in [2.45, 2.75) is 25.9 Å². The maximum absolute atomic E-state index is 12.7. The Kier molecular flexibility index (Phi) is 3.75. The molecule has 0 radical (unpaired) electrons. The van der Waals surface area contributed by atoms with Gasteiger partial charge >= 0.3 is 6.18 Å². The minimum absolute atomic E-state index is 0.427. The van der Waals surface area contributed by atoms with Crippen LogP contribution in [0.2, 0.25) is 0 Å². The third-order valence-electron chi connectivity index (χ3n) is 3.17. The van der Waals surface area contributed by atoms with Crippen molar-refractivity contribution in [3.05, 3.63) is 50.7 Å². The first-order valence-corrected chi connectivity index (χ1v) is 8.18. The SMILES string of the molecule is CCc1cc(Cc2nc3cc(C(F)(F)F)ccc3s2)cs1. The largest absolute Gasteiger partial charge is 0.416 e. The lowest BCUT2D eigenvalue weighted by molar-refractivity contribution is -0.137. The van der Waals surface area contributed by atoms with Crippen LogP contribution in [0.1, 0.15) is 27.9 Å². The monoisotopic (exact) mass is 327 g/mol. The van der Waals surface area contributed by atoms with Crippen molar-refractivity contribution in [1.82, 2.24) is 4.98 Å². The number of halogens is 3. The Hall–Kier alpha value is -1.40. The zero-order valence-corrected chi connectivity index (χ0v) is 12.8. The van der Waals surface area contributed by atoms with Gasteiger partial charge in [-0.15, -0.1) is 22.7 Å². The molecule has 0 spiro atoms. The van der Waals surface area contributed by atoms with E-state index in [0.717, 1.165) is 28.3 Å². The van der Waals surface area contributed by atoms with Gasteiger partial charge in [-0.2, -0.15) is 13.2 Å². The first-order chi connectivity index (χ1) is 9.95. The van der Waals surface area contributed by atoms with E-state index in [1.54, 1.807) is 11.3 Å². The second kappa shape index (κ2) is 5.42. The number of benzene rings is 1. The smallest absolute Gasteiger partial charge is 0.241 e. The highest BCUT2D eigenvalue weighted by atomic mass is 32.1. The summed E-state index contributed by atoms with van der Waals surface area (Å²) in [6, 6.07) is 5.88. The molecule has 6 heteroatoms. The highest BCUT2D eigenvalue weighted by molar-refractivity contribution is 7.18. The number of thiazole rings is 1. The van der Waals surface area contributed by atoms with Crippen molar-refractivity contribution >= 4 is 32.9 Å². The van der Waals surface area contributed by atoms with E-state index in [9.17, 15) is 13.2 Å². The third kappa shape index (κ3) is 3.11. The number of hydrogen-bond acceptors (Lipinski definition) is 3. The lowest BCUT2D eigenvalue weighted by Crippen LogP contribution is -2.03.